The normalized spacial score (nSPS) is 18.6. The second-order valence-corrected chi connectivity index (χ2v) is 5.03. The van der Waals surface area contributed by atoms with Crippen molar-refractivity contribution < 1.29 is 0 Å². The first-order valence-electron chi connectivity index (χ1n) is 6.94. The lowest BCUT2D eigenvalue weighted by molar-refractivity contribution is 0.632. The molecule has 2 aromatic rings. The monoisotopic (exact) mass is 256 g/mol. The molecule has 0 amide bonds. The van der Waals surface area contributed by atoms with Gasteiger partial charge in [-0.05, 0) is 37.1 Å². The van der Waals surface area contributed by atoms with E-state index in [4.69, 9.17) is 0 Å². The second-order valence-electron chi connectivity index (χ2n) is 5.03. The van der Waals surface area contributed by atoms with Crippen LogP contribution in [0.3, 0.4) is 0 Å². The zero-order valence-corrected chi connectivity index (χ0v) is 11.0. The van der Waals surface area contributed by atoms with E-state index < -0.39 is 0 Å². The number of aromatic nitrogens is 2. The van der Waals surface area contributed by atoms with E-state index in [9.17, 15) is 0 Å². The minimum absolute atomic E-state index is 0.609. The summed E-state index contributed by atoms with van der Waals surface area (Å²) in [6.45, 7) is 2.96. The molecule has 1 fully saturated rings. The summed E-state index contributed by atoms with van der Waals surface area (Å²) in [5.41, 5.74) is 2.50. The minimum Gasteiger partial charge on any atom is -0.383 e. The van der Waals surface area contributed by atoms with Gasteiger partial charge in [-0.15, -0.1) is 0 Å². The van der Waals surface area contributed by atoms with Gasteiger partial charge in [0.25, 0.3) is 0 Å². The van der Waals surface area contributed by atoms with Crippen LogP contribution >= 0.6 is 0 Å². The molecule has 3 rings (SSSR count). The fourth-order valence-corrected chi connectivity index (χ4v) is 2.56. The van der Waals surface area contributed by atoms with Crippen LogP contribution in [-0.2, 0) is 6.54 Å². The predicted molar refractivity (Wildman–Crippen MR) is 77.3 cm³/mol. The van der Waals surface area contributed by atoms with Crippen LogP contribution in [0.25, 0.3) is 0 Å². The number of benzene rings is 1. The first-order valence-corrected chi connectivity index (χ1v) is 6.94. The van der Waals surface area contributed by atoms with E-state index in [1.54, 1.807) is 0 Å². The number of hydrogen-bond acceptors (Lipinski definition) is 3. The molecule has 0 radical (unpaired) electrons. The molecule has 0 bridgehead atoms. The van der Waals surface area contributed by atoms with Gasteiger partial charge in [-0.1, -0.05) is 18.2 Å². The molecule has 0 saturated carbocycles. The molecule has 1 aliphatic heterocycles. The van der Waals surface area contributed by atoms with Crippen LogP contribution in [0.1, 0.15) is 18.4 Å². The van der Waals surface area contributed by atoms with Gasteiger partial charge in [0.2, 0.25) is 0 Å². The van der Waals surface area contributed by atoms with E-state index in [-0.39, 0.29) is 0 Å². The van der Waals surface area contributed by atoms with Crippen molar-refractivity contribution in [3.05, 3.63) is 48.3 Å². The molecule has 1 aromatic carbocycles. The molecule has 1 atom stereocenters. The van der Waals surface area contributed by atoms with Crippen molar-refractivity contribution in [1.29, 1.82) is 0 Å². The molecule has 4 nitrogen and oxygen atoms in total. The fourth-order valence-electron chi connectivity index (χ4n) is 2.56. The van der Waals surface area contributed by atoms with Crippen molar-refractivity contribution in [3.8, 4) is 0 Å². The molecule has 1 aliphatic rings. The standard InChI is InChI=1S/C15H20N4/c1-2-7-15(17-11-14-6-3-8-16-14)13(5-1)12-19-10-4-9-18-19/h1-2,4-5,7,9-10,14,16-17H,3,6,8,11-12H2. The Hall–Kier alpha value is -1.81. The van der Waals surface area contributed by atoms with E-state index in [0.717, 1.165) is 19.6 Å². The predicted octanol–water partition coefficient (Wildman–Crippen LogP) is 2.10. The van der Waals surface area contributed by atoms with Crippen molar-refractivity contribution in [2.75, 3.05) is 18.4 Å². The van der Waals surface area contributed by atoms with Crippen molar-refractivity contribution in [3.63, 3.8) is 0 Å². The average Bonchev–Trinajstić information content (AvgIpc) is 3.10. The molecule has 1 unspecified atom stereocenters. The van der Waals surface area contributed by atoms with E-state index >= 15 is 0 Å². The number of para-hydroxylation sites is 1. The molecule has 2 N–H and O–H groups in total. The molecule has 0 spiro atoms. The SMILES string of the molecule is c1ccc(NCC2CCCN2)c(Cn2cccn2)c1. The van der Waals surface area contributed by atoms with Crippen LogP contribution in [0.4, 0.5) is 5.69 Å². The van der Waals surface area contributed by atoms with E-state index in [1.807, 2.05) is 23.1 Å². The van der Waals surface area contributed by atoms with E-state index in [0.29, 0.717) is 6.04 Å². The third kappa shape index (κ3) is 3.15. The number of anilines is 1. The van der Waals surface area contributed by atoms with Crippen LogP contribution in [0.5, 0.6) is 0 Å². The highest BCUT2D eigenvalue weighted by molar-refractivity contribution is 5.51. The fraction of sp³-hybridized carbons (Fsp3) is 0.400. The summed E-state index contributed by atoms with van der Waals surface area (Å²) in [6, 6.07) is 11.0. The van der Waals surface area contributed by atoms with E-state index in [1.165, 1.54) is 24.1 Å². The zero-order chi connectivity index (χ0) is 12.9. The topological polar surface area (TPSA) is 41.9 Å². The molecule has 19 heavy (non-hydrogen) atoms. The van der Waals surface area contributed by atoms with Crippen molar-refractivity contribution in [1.82, 2.24) is 15.1 Å². The quantitative estimate of drug-likeness (QED) is 0.861. The van der Waals surface area contributed by atoms with Crippen molar-refractivity contribution in [2.24, 2.45) is 0 Å². The summed E-state index contributed by atoms with van der Waals surface area (Å²) >= 11 is 0. The van der Waals surface area contributed by atoms with Crippen LogP contribution < -0.4 is 10.6 Å². The summed E-state index contributed by atoms with van der Waals surface area (Å²) in [6.07, 6.45) is 6.38. The van der Waals surface area contributed by atoms with Gasteiger partial charge in [0.1, 0.15) is 0 Å². The zero-order valence-electron chi connectivity index (χ0n) is 11.0. The number of hydrogen-bond donors (Lipinski definition) is 2. The van der Waals surface area contributed by atoms with Gasteiger partial charge < -0.3 is 10.6 Å². The first kappa shape index (κ1) is 12.2. The smallest absolute Gasteiger partial charge is 0.0679 e. The van der Waals surface area contributed by atoms with Gasteiger partial charge >= 0.3 is 0 Å². The van der Waals surface area contributed by atoms with Gasteiger partial charge in [0, 0.05) is 30.7 Å². The average molecular weight is 256 g/mol. The Morgan fingerprint density at radius 3 is 3.05 bits per heavy atom. The summed E-state index contributed by atoms with van der Waals surface area (Å²) < 4.78 is 1.95. The Bertz CT molecular complexity index is 501. The Morgan fingerprint density at radius 2 is 2.26 bits per heavy atom. The van der Waals surface area contributed by atoms with Gasteiger partial charge in [-0.3, -0.25) is 4.68 Å². The summed E-state index contributed by atoms with van der Waals surface area (Å²) in [5, 5.41) is 11.3. The molecular formula is C15H20N4. The third-order valence-electron chi connectivity index (χ3n) is 3.61. The van der Waals surface area contributed by atoms with Gasteiger partial charge in [-0.25, -0.2) is 0 Å². The largest absolute Gasteiger partial charge is 0.383 e. The van der Waals surface area contributed by atoms with Crippen LogP contribution in [0.15, 0.2) is 42.7 Å². The maximum Gasteiger partial charge on any atom is 0.0679 e. The van der Waals surface area contributed by atoms with E-state index in [2.05, 4.69) is 40.0 Å². The number of nitrogens with zero attached hydrogens (tertiary/aromatic N) is 2. The van der Waals surface area contributed by atoms with Gasteiger partial charge in [-0.2, -0.15) is 5.10 Å². The molecule has 1 aromatic heterocycles. The molecule has 0 aliphatic carbocycles. The lowest BCUT2D eigenvalue weighted by atomic mass is 10.1. The summed E-state index contributed by atoms with van der Waals surface area (Å²) in [5.74, 6) is 0. The van der Waals surface area contributed by atoms with Crippen molar-refractivity contribution in [2.45, 2.75) is 25.4 Å². The molecule has 1 saturated heterocycles. The maximum absolute atomic E-state index is 4.27. The highest BCUT2D eigenvalue weighted by atomic mass is 15.3. The first-order chi connectivity index (χ1) is 9.42. The molecule has 4 heteroatoms. The Morgan fingerprint density at radius 1 is 1.32 bits per heavy atom. The highest BCUT2D eigenvalue weighted by Gasteiger charge is 2.13. The summed E-state index contributed by atoms with van der Waals surface area (Å²) in [4.78, 5) is 0. The molecule has 100 valence electrons. The van der Waals surface area contributed by atoms with Gasteiger partial charge in [0.05, 0.1) is 6.54 Å². The Labute approximate surface area is 113 Å². The molecular weight excluding hydrogens is 236 g/mol. The van der Waals surface area contributed by atoms with Crippen LogP contribution in [0, 0.1) is 0 Å². The minimum atomic E-state index is 0.609. The second kappa shape index (κ2) is 5.89. The van der Waals surface area contributed by atoms with Crippen molar-refractivity contribution >= 4 is 5.69 Å². The third-order valence-corrected chi connectivity index (χ3v) is 3.61. The lowest BCUT2D eigenvalue weighted by Gasteiger charge is -2.15. The maximum atomic E-state index is 4.27. The molecule has 2 heterocycles. The lowest BCUT2D eigenvalue weighted by Crippen LogP contribution is -2.29. The Kier molecular flexibility index (Phi) is 3.79. The van der Waals surface area contributed by atoms with Gasteiger partial charge in [0.15, 0.2) is 0 Å². The number of nitrogens with one attached hydrogen (secondary N) is 2. The number of rotatable bonds is 5. The Balaban J connectivity index is 1.66. The highest BCUT2D eigenvalue weighted by Crippen LogP contribution is 2.17. The summed E-state index contributed by atoms with van der Waals surface area (Å²) in [7, 11) is 0. The van der Waals surface area contributed by atoms with Crippen LogP contribution in [-0.4, -0.2) is 28.9 Å². The van der Waals surface area contributed by atoms with Crippen LogP contribution in [0.2, 0.25) is 0 Å².